The molecule has 2 nitrogen and oxygen atoms in total. The molecule has 3 rings (SSSR count). The summed E-state index contributed by atoms with van der Waals surface area (Å²) in [6.45, 7) is 7.94. The summed E-state index contributed by atoms with van der Waals surface area (Å²) >= 11 is 0. The molecule has 0 amide bonds. The second-order valence-corrected chi connectivity index (χ2v) is 6.87. The first-order valence-corrected chi connectivity index (χ1v) is 7.60. The van der Waals surface area contributed by atoms with E-state index in [1.807, 2.05) is 52.0 Å². The Morgan fingerprint density at radius 1 is 0.783 bits per heavy atom. The van der Waals surface area contributed by atoms with Gasteiger partial charge in [0, 0.05) is 6.07 Å². The summed E-state index contributed by atoms with van der Waals surface area (Å²) in [4.78, 5) is 0. The molecule has 0 atom stereocenters. The Hall–Kier alpha value is -1.72. The molecule has 1 aliphatic rings. The van der Waals surface area contributed by atoms with E-state index in [4.69, 9.17) is 9.31 Å². The fourth-order valence-electron chi connectivity index (χ4n) is 2.56. The van der Waals surface area contributed by atoms with Gasteiger partial charge in [-0.25, -0.2) is 8.78 Å². The van der Waals surface area contributed by atoms with Crippen LogP contribution in [-0.2, 0) is 9.31 Å². The van der Waals surface area contributed by atoms with Crippen LogP contribution in [0, 0.1) is 11.6 Å². The van der Waals surface area contributed by atoms with Gasteiger partial charge in [0.25, 0.3) is 0 Å². The van der Waals surface area contributed by atoms with Crippen molar-refractivity contribution in [3.05, 3.63) is 54.1 Å². The highest BCUT2D eigenvalue weighted by Gasteiger charge is 2.51. The molecule has 0 N–H and O–H groups in total. The van der Waals surface area contributed by atoms with Gasteiger partial charge in [-0.1, -0.05) is 24.3 Å². The zero-order valence-corrected chi connectivity index (χ0v) is 13.7. The lowest BCUT2D eigenvalue weighted by Crippen LogP contribution is -2.41. The molecular formula is C18H19BF2O2. The van der Waals surface area contributed by atoms with Crippen LogP contribution in [0.2, 0.25) is 0 Å². The Morgan fingerprint density at radius 2 is 1.35 bits per heavy atom. The Bertz CT molecular complexity index is 707. The summed E-state index contributed by atoms with van der Waals surface area (Å²) in [5.41, 5.74) is 1.17. The minimum Gasteiger partial charge on any atom is -0.399 e. The van der Waals surface area contributed by atoms with Gasteiger partial charge >= 0.3 is 7.12 Å². The van der Waals surface area contributed by atoms with Gasteiger partial charge in [0.2, 0.25) is 0 Å². The van der Waals surface area contributed by atoms with E-state index in [0.717, 1.165) is 17.1 Å². The first kappa shape index (κ1) is 16.2. The number of rotatable bonds is 2. The molecular weight excluding hydrogens is 297 g/mol. The van der Waals surface area contributed by atoms with Crippen LogP contribution in [-0.4, -0.2) is 18.3 Å². The largest absolute Gasteiger partial charge is 0.494 e. The minimum atomic E-state index is -0.596. The third kappa shape index (κ3) is 3.03. The van der Waals surface area contributed by atoms with Crippen LogP contribution in [0.5, 0.6) is 0 Å². The summed E-state index contributed by atoms with van der Waals surface area (Å²) in [5.74, 6) is -1.19. The molecule has 0 radical (unpaired) electrons. The maximum Gasteiger partial charge on any atom is 0.494 e. The van der Waals surface area contributed by atoms with Crippen LogP contribution in [0.4, 0.5) is 8.78 Å². The van der Waals surface area contributed by atoms with Gasteiger partial charge < -0.3 is 9.31 Å². The van der Waals surface area contributed by atoms with Crippen LogP contribution in [0.1, 0.15) is 27.7 Å². The average molecular weight is 316 g/mol. The zero-order valence-electron chi connectivity index (χ0n) is 13.7. The Labute approximate surface area is 135 Å². The van der Waals surface area contributed by atoms with Crippen LogP contribution < -0.4 is 5.46 Å². The van der Waals surface area contributed by atoms with E-state index < -0.39 is 30.0 Å². The molecule has 2 aromatic rings. The molecule has 1 fully saturated rings. The van der Waals surface area contributed by atoms with E-state index in [-0.39, 0.29) is 0 Å². The molecule has 1 heterocycles. The van der Waals surface area contributed by atoms with Crippen molar-refractivity contribution in [1.29, 1.82) is 0 Å². The molecule has 0 unspecified atom stereocenters. The van der Waals surface area contributed by atoms with E-state index in [9.17, 15) is 8.78 Å². The van der Waals surface area contributed by atoms with Crippen molar-refractivity contribution < 1.29 is 18.1 Å². The molecule has 0 aliphatic carbocycles. The first-order valence-electron chi connectivity index (χ1n) is 7.60. The van der Waals surface area contributed by atoms with Gasteiger partial charge in [0.15, 0.2) is 0 Å². The van der Waals surface area contributed by atoms with E-state index in [1.165, 1.54) is 12.1 Å². The number of hydrogen-bond acceptors (Lipinski definition) is 2. The summed E-state index contributed by atoms with van der Waals surface area (Å²) in [5, 5.41) is 0. The zero-order chi connectivity index (χ0) is 16.8. The predicted molar refractivity (Wildman–Crippen MR) is 87.5 cm³/mol. The summed E-state index contributed by atoms with van der Waals surface area (Å²) < 4.78 is 38.9. The maximum atomic E-state index is 13.4. The third-order valence-electron chi connectivity index (χ3n) is 4.61. The summed E-state index contributed by atoms with van der Waals surface area (Å²) in [6, 6.07) is 10.9. The standard InChI is InChI=1S/C18H19BF2O2/c1-17(2)18(3,4)23-19(22-17)14-7-5-6-12(8-14)13-9-15(20)11-16(21)10-13/h5-11H,1-4H3. The molecule has 23 heavy (non-hydrogen) atoms. The van der Waals surface area contributed by atoms with Crippen LogP contribution in [0.25, 0.3) is 11.1 Å². The molecule has 0 aromatic heterocycles. The minimum absolute atomic E-state index is 0.432. The topological polar surface area (TPSA) is 18.5 Å². The highest BCUT2D eigenvalue weighted by atomic mass is 19.1. The van der Waals surface area contributed by atoms with E-state index in [0.29, 0.717) is 5.56 Å². The lowest BCUT2D eigenvalue weighted by Gasteiger charge is -2.32. The Kier molecular flexibility index (Phi) is 3.81. The maximum absolute atomic E-state index is 13.4. The SMILES string of the molecule is CC1(C)OB(c2cccc(-c3cc(F)cc(F)c3)c2)OC1(C)C. The normalized spacial score (nSPS) is 19.1. The first-order chi connectivity index (χ1) is 10.7. The van der Waals surface area contributed by atoms with Gasteiger partial charge in [0.1, 0.15) is 11.6 Å². The van der Waals surface area contributed by atoms with Gasteiger partial charge in [0.05, 0.1) is 11.2 Å². The van der Waals surface area contributed by atoms with Crippen molar-refractivity contribution in [2.75, 3.05) is 0 Å². The quantitative estimate of drug-likeness (QED) is 0.782. The lowest BCUT2D eigenvalue weighted by molar-refractivity contribution is 0.00578. The number of halogens is 2. The molecule has 120 valence electrons. The van der Waals surface area contributed by atoms with E-state index in [1.54, 1.807) is 0 Å². The second kappa shape index (κ2) is 5.43. The van der Waals surface area contributed by atoms with Crippen molar-refractivity contribution in [2.45, 2.75) is 38.9 Å². The smallest absolute Gasteiger partial charge is 0.399 e. The van der Waals surface area contributed by atoms with E-state index >= 15 is 0 Å². The van der Waals surface area contributed by atoms with Crippen molar-refractivity contribution in [3.8, 4) is 11.1 Å². The fraction of sp³-hybridized carbons (Fsp3) is 0.333. The van der Waals surface area contributed by atoms with Crippen molar-refractivity contribution in [2.24, 2.45) is 0 Å². The fourth-order valence-corrected chi connectivity index (χ4v) is 2.56. The van der Waals surface area contributed by atoms with E-state index in [2.05, 4.69) is 0 Å². The van der Waals surface area contributed by atoms with Crippen LogP contribution in [0.15, 0.2) is 42.5 Å². The number of benzene rings is 2. The van der Waals surface area contributed by atoms with Gasteiger partial charge in [-0.15, -0.1) is 0 Å². The van der Waals surface area contributed by atoms with Crippen LogP contribution >= 0.6 is 0 Å². The van der Waals surface area contributed by atoms with Crippen molar-refractivity contribution >= 4 is 12.6 Å². The monoisotopic (exact) mass is 316 g/mol. The summed E-state index contributed by atoms with van der Waals surface area (Å²) in [7, 11) is -0.502. The van der Waals surface area contributed by atoms with Crippen LogP contribution in [0.3, 0.4) is 0 Å². The van der Waals surface area contributed by atoms with Crippen molar-refractivity contribution in [1.82, 2.24) is 0 Å². The molecule has 0 spiro atoms. The lowest BCUT2D eigenvalue weighted by atomic mass is 9.78. The third-order valence-corrected chi connectivity index (χ3v) is 4.61. The molecule has 2 aromatic carbocycles. The van der Waals surface area contributed by atoms with Crippen molar-refractivity contribution in [3.63, 3.8) is 0 Å². The van der Waals surface area contributed by atoms with Gasteiger partial charge in [-0.05, 0) is 56.4 Å². The molecule has 1 aliphatic heterocycles. The van der Waals surface area contributed by atoms with Gasteiger partial charge in [-0.2, -0.15) is 0 Å². The Balaban J connectivity index is 1.95. The Morgan fingerprint density at radius 3 is 1.91 bits per heavy atom. The molecule has 0 bridgehead atoms. The molecule has 5 heteroatoms. The van der Waals surface area contributed by atoms with Gasteiger partial charge in [-0.3, -0.25) is 0 Å². The molecule has 0 saturated carbocycles. The predicted octanol–water partition coefficient (Wildman–Crippen LogP) is 3.93. The summed E-state index contributed by atoms with van der Waals surface area (Å²) in [6.07, 6.45) is 0. The molecule has 1 saturated heterocycles. The second-order valence-electron chi connectivity index (χ2n) is 6.87. The number of hydrogen-bond donors (Lipinski definition) is 0. The highest BCUT2D eigenvalue weighted by Crippen LogP contribution is 2.36. The average Bonchev–Trinajstić information content (AvgIpc) is 2.67. The highest BCUT2D eigenvalue weighted by molar-refractivity contribution is 6.62.